The molecule has 104 valence electrons. The average molecular weight is 287 g/mol. The molecule has 1 aromatic rings. The largest absolute Gasteiger partial charge is 0.316 e. The Balaban J connectivity index is 0. The Morgan fingerprint density at radius 1 is 1.28 bits per heavy atom. The Morgan fingerprint density at radius 2 is 1.89 bits per heavy atom. The van der Waals surface area contributed by atoms with Gasteiger partial charge in [-0.25, -0.2) is 0 Å². The predicted octanol–water partition coefficient (Wildman–Crippen LogP) is 4.51. The molecule has 0 aromatic heterocycles. The summed E-state index contributed by atoms with van der Waals surface area (Å²) in [6, 6.07) is 7.77. The second-order valence-corrected chi connectivity index (χ2v) is 5.83. The van der Waals surface area contributed by atoms with Crippen molar-refractivity contribution >= 4 is 27.4 Å². The standard InChI is InChI=1S/C12H17NOS2.C2H6.H2/c1-3-13-8-9-15-16-12-6-4-11(5-7-12)10(2)14;1-2;/h4-7,13H,3,8-9H2,1-2H3;1-2H3;1H. The number of hydrogen-bond donors (Lipinski definition) is 1. The molecule has 0 aliphatic heterocycles. The first kappa shape index (κ1) is 17.6. The monoisotopic (exact) mass is 287 g/mol. The smallest absolute Gasteiger partial charge is 0.159 e. The van der Waals surface area contributed by atoms with Gasteiger partial charge in [-0.1, -0.05) is 54.5 Å². The van der Waals surface area contributed by atoms with Gasteiger partial charge in [-0.3, -0.25) is 4.79 Å². The number of ketones is 1. The maximum Gasteiger partial charge on any atom is 0.159 e. The SMILES string of the molecule is CC.CCNCCSSc1ccc(C(C)=O)cc1.[HH]. The first-order valence-electron chi connectivity index (χ1n) is 6.35. The minimum atomic E-state index is 0. The molecule has 2 nitrogen and oxygen atoms in total. The number of benzene rings is 1. The molecule has 18 heavy (non-hydrogen) atoms. The van der Waals surface area contributed by atoms with E-state index in [0.29, 0.717) is 0 Å². The van der Waals surface area contributed by atoms with Crippen LogP contribution in [-0.2, 0) is 0 Å². The summed E-state index contributed by atoms with van der Waals surface area (Å²) >= 11 is 0. The van der Waals surface area contributed by atoms with Crippen molar-refractivity contribution in [2.45, 2.75) is 32.6 Å². The number of carbonyl (C=O) groups excluding carboxylic acids is 1. The van der Waals surface area contributed by atoms with Crippen LogP contribution in [0.15, 0.2) is 29.2 Å². The first-order chi connectivity index (χ1) is 8.74. The van der Waals surface area contributed by atoms with E-state index in [-0.39, 0.29) is 7.21 Å². The molecule has 0 radical (unpaired) electrons. The highest BCUT2D eigenvalue weighted by Crippen LogP contribution is 2.30. The van der Waals surface area contributed by atoms with E-state index in [2.05, 4.69) is 12.2 Å². The third-order valence-electron chi connectivity index (χ3n) is 2.03. The lowest BCUT2D eigenvalue weighted by Crippen LogP contribution is -2.15. The molecule has 4 heteroatoms. The molecule has 0 bridgehead atoms. The van der Waals surface area contributed by atoms with Gasteiger partial charge in [0.25, 0.3) is 0 Å². The maximum atomic E-state index is 11.1. The van der Waals surface area contributed by atoms with Gasteiger partial charge < -0.3 is 5.32 Å². The molecule has 0 unspecified atom stereocenters. The van der Waals surface area contributed by atoms with E-state index in [9.17, 15) is 4.79 Å². The summed E-state index contributed by atoms with van der Waals surface area (Å²) < 4.78 is 0. The Hall–Kier alpha value is -0.450. The van der Waals surface area contributed by atoms with Crippen molar-refractivity contribution in [3.05, 3.63) is 29.8 Å². The molecule has 1 N–H and O–H groups in total. The van der Waals surface area contributed by atoms with E-state index >= 15 is 0 Å². The van der Waals surface area contributed by atoms with Gasteiger partial charge in [-0.2, -0.15) is 0 Å². The molecule has 0 aliphatic carbocycles. The van der Waals surface area contributed by atoms with Crippen LogP contribution in [0.25, 0.3) is 0 Å². The second-order valence-electron chi connectivity index (χ2n) is 3.34. The van der Waals surface area contributed by atoms with E-state index in [4.69, 9.17) is 0 Å². The highest BCUT2D eigenvalue weighted by Gasteiger charge is 1.99. The van der Waals surface area contributed by atoms with Crippen molar-refractivity contribution < 1.29 is 6.22 Å². The highest BCUT2D eigenvalue weighted by atomic mass is 33.1. The van der Waals surface area contributed by atoms with Crippen molar-refractivity contribution in [3.8, 4) is 0 Å². The summed E-state index contributed by atoms with van der Waals surface area (Å²) in [5.41, 5.74) is 0.780. The molecule has 1 rings (SSSR count). The summed E-state index contributed by atoms with van der Waals surface area (Å²) in [5.74, 6) is 1.21. The molecule has 0 saturated carbocycles. The van der Waals surface area contributed by atoms with Crippen molar-refractivity contribution in [1.82, 2.24) is 5.32 Å². The van der Waals surface area contributed by atoms with Crippen LogP contribution < -0.4 is 5.32 Å². The molecule has 0 atom stereocenters. The molecule has 1 aromatic carbocycles. The van der Waals surface area contributed by atoms with Crippen molar-refractivity contribution in [1.29, 1.82) is 0 Å². The van der Waals surface area contributed by atoms with Crippen LogP contribution in [0.4, 0.5) is 0 Å². The van der Waals surface area contributed by atoms with Gasteiger partial charge in [0.05, 0.1) is 0 Å². The van der Waals surface area contributed by atoms with E-state index < -0.39 is 0 Å². The normalized spacial score (nSPS) is 9.56. The van der Waals surface area contributed by atoms with Gasteiger partial charge in [0.15, 0.2) is 5.78 Å². The van der Waals surface area contributed by atoms with E-state index in [0.717, 1.165) is 24.4 Å². The fraction of sp³-hybridized carbons (Fsp3) is 0.500. The van der Waals surface area contributed by atoms with Gasteiger partial charge in [-0.05, 0) is 25.6 Å². The van der Waals surface area contributed by atoms with Crippen LogP contribution in [0.1, 0.15) is 39.5 Å². The Kier molecular flexibility index (Phi) is 11.3. The summed E-state index contributed by atoms with van der Waals surface area (Å²) in [7, 11) is 3.59. The van der Waals surface area contributed by atoms with Crippen molar-refractivity contribution in [3.63, 3.8) is 0 Å². The maximum absolute atomic E-state index is 11.1. The van der Waals surface area contributed by atoms with Crippen LogP contribution >= 0.6 is 21.6 Å². The molecular weight excluding hydrogens is 262 g/mol. The number of hydrogen-bond acceptors (Lipinski definition) is 4. The number of rotatable bonds is 7. The van der Waals surface area contributed by atoms with E-state index in [1.807, 2.05) is 48.9 Å². The van der Waals surface area contributed by atoms with Gasteiger partial charge in [0.2, 0.25) is 0 Å². The quantitative estimate of drug-likeness (QED) is 0.454. The molecule has 0 heterocycles. The minimum Gasteiger partial charge on any atom is -0.316 e. The highest BCUT2D eigenvalue weighted by molar-refractivity contribution is 8.76. The summed E-state index contributed by atoms with van der Waals surface area (Å²) in [4.78, 5) is 12.3. The number of carbonyl (C=O) groups is 1. The zero-order chi connectivity index (χ0) is 13.8. The number of nitrogens with one attached hydrogen (secondary N) is 1. The molecule has 0 saturated heterocycles. The molecule has 0 spiro atoms. The first-order valence-corrected chi connectivity index (χ1v) is 8.67. The lowest BCUT2D eigenvalue weighted by Gasteiger charge is -2.02. The lowest BCUT2D eigenvalue weighted by molar-refractivity contribution is 0.101. The third kappa shape index (κ3) is 7.80. The topological polar surface area (TPSA) is 29.1 Å². The van der Waals surface area contributed by atoms with Crippen molar-refractivity contribution in [2.75, 3.05) is 18.8 Å². The Bertz CT molecular complexity index is 331. The Labute approximate surface area is 120 Å². The second kappa shape index (κ2) is 11.6. The summed E-state index contributed by atoms with van der Waals surface area (Å²) in [6.45, 7) is 9.77. The van der Waals surface area contributed by atoms with Gasteiger partial charge in [0, 0.05) is 24.2 Å². The zero-order valence-corrected chi connectivity index (χ0v) is 13.3. The molecule has 0 aliphatic rings. The van der Waals surface area contributed by atoms with Crippen LogP contribution in [-0.4, -0.2) is 24.6 Å². The van der Waals surface area contributed by atoms with Crippen LogP contribution in [0.3, 0.4) is 0 Å². The average Bonchev–Trinajstić information content (AvgIpc) is 2.41. The minimum absolute atomic E-state index is 0. The van der Waals surface area contributed by atoms with E-state index in [1.165, 1.54) is 4.90 Å². The number of Topliss-reactive ketones (excluding diaryl/α,β-unsaturated/α-hetero) is 1. The predicted molar refractivity (Wildman–Crippen MR) is 86.8 cm³/mol. The fourth-order valence-corrected chi connectivity index (χ4v) is 3.08. The molecular formula is C14H25NOS2. The van der Waals surface area contributed by atoms with Crippen LogP contribution in [0, 0.1) is 0 Å². The van der Waals surface area contributed by atoms with Crippen LogP contribution in [0.5, 0.6) is 0 Å². The van der Waals surface area contributed by atoms with E-state index in [1.54, 1.807) is 17.7 Å². The fourth-order valence-electron chi connectivity index (χ4n) is 1.15. The zero-order valence-electron chi connectivity index (χ0n) is 11.7. The molecule has 0 fully saturated rings. The van der Waals surface area contributed by atoms with Gasteiger partial charge in [-0.15, -0.1) is 0 Å². The molecule has 0 amide bonds. The third-order valence-corrected chi connectivity index (χ3v) is 4.41. The van der Waals surface area contributed by atoms with Crippen molar-refractivity contribution in [2.24, 2.45) is 0 Å². The van der Waals surface area contributed by atoms with Gasteiger partial charge >= 0.3 is 0 Å². The summed E-state index contributed by atoms with van der Waals surface area (Å²) in [6.07, 6.45) is 0. The Morgan fingerprint density at radius 3 is 2.39 bits per heavy atom. The summed E-state index contributed by atoms with van der Waals surface area (Å²) in [5, 5.41) is 3.28. The van der Waals surface area contributed by atoms with Gasteiger partial charge in [0.1, 0.15) is 0 Å². The lowest BCUT2D eigenvalue weighted by atomic mass is 10.2. The van der Waals surface area contributed by atoms with Crippen LogP contribution in [0.2, 0.25) is 0 Å².